The minimum Gasteiger partial charge on any atom is -0.236 e. The predicted molar refractivity (Wildman–Crippen MR) is 92.4 cm³/mol. The van der Waals surface area contributed by atoms with Gasteiger partial charge in [-0.25, -0.2) is 13.1 Å². The second kappa shape index (κ2) is 7.27. The maximum atomic E-state index is 13.1. The van der Waals surface area contributed by atoms with Gasteiger partial charge in [-0.05, 0) is 38.8 Å². The van der Waals surface area contributed by atoms with Crippen LogP contribution in [0.5, 0.6) is 0 Å². The summed E-state index contributed by atoms with van der Waals surface area (Å²) in [4.78, 5) is 0.336. The first kappa shape index (κ1) is 17.7. The number of hydrogen-bond acceptors (Lipinski definition) is 3. The third-order valence-corrected chi connectivity index (χ3v) is 5.92. The Labute approximate surface area is 139 Å². The standard InChI is InChI=1S/C17H25N3O2S/c1-5-12-19(13-6-2)23(21,22)17-14(3)18-20(15(17)4)16-10-8-7-9-11-16/h7-11H,5-6,12-13H2,1-4H3. The molecule has 0 aliphatic rings. The van der Waals surface area contributed by atoms with Crippen molar-refractivity contribution >= 4 is 10.0 Å². The van der Waals surface area contributed by atoms with Crippen molar-refractivity contribution in [3.63, 3.8) is 0 Å². The van der Waals surface area contributed by atoms with Gasteiger partial charge in [0.25, 0.3) is 0 Å². The highest BCUT2D eigenvalue weighted by Crippen LogP contribution is 2.26. The average Bonchev–Trinajstić information content (AvgIpc) is 2.83. The molecule has 1 aromatic carbocycles. The maximum Gasteiger partial charge on any atom is 0.246 e. The van der Waals surface area contributed by atoms with Crippen LogP contribution in [0.1, 0.15) is 38.1 Å². The number of aryl methyl sites for hydroxylation is 1. The zero-order valence-electron chi connectivity index (χ0n) is 14.3. The van der Waals surface area contributed by atoms with Crippen LogP contribution in [0.25, 0.3) is 5.69 Å². The van der Waals surface area contributed by atoms with E-state index >= 15 is 0 Å². The first-order valence-electron chi connectivity index (χ1n) is 8.05. The van der Waals surface area contributed by atoms with Crippen molar-refractivity contribution < 1.29 is 8.42 Å². The molecule has 1 heterocycles. The molecule has 0 fully saturated rings. The maximum absolute atomic E-state index is 13.1. The van der Waals surface area contributed by atoms with Crippen LogP contribution in [-0.4, -0.2) is 35.6 Å². The Morgan fingerprint density at radius 2 is 1.61 bits per heavy atom. The van der Waals surface area contributed by atoms with E-state index in [0.29, 0.717) is 29.4 Å². The summed E-state index contributed by atoms with van der Waals surface area (Å²) in [5, 5.41) is 4.46. The molecule has 0 radical (unpaired) electrons. The summed E-state index contributed by atoms with van der Waals surface area (Å²) in [5.41, 5.74) is 2.07. The van der Waals surface area contributed by atoms with Crippen LogP contribution in [0.15, 0.2) is 35.2 Å². The van der Waals surface area contributed by atoms with E-state index in [1.807, 2.05) is 51.1 Å². The fraction of sp³-hybridized carbons (Fsp3) is 0.471. The molecule has 0 spiro atoms. The molecule has 5 nitrogen and oxygen atoms in total. The van der Waals surface area contributed by atoms with E-state index in [1.165, 1.54) is 0 Å². The molecule has 2 aromatic rings. The molecular weight excluding hydrogens is 310 g/mol. The van der Waals surface area contributed by atoms with Gasteiger partial charge in [-0.3, -0.25) is 0 Å². The molecule has 0 aliphatic heterocycles. The molecule has 126 valence electrons. The van der Waals surface area contributed by atoms with Gasteiger partial charge in [0.15, 0.2) is 0 Å². The highest BCUT2D eigenvalue weighted by Gasteiger charge is 2.30. The first-order chi connectivity index (χ1) is 10.9. The molecule has 2 rings (SSSR count). The van der Waals surface area contributed by atoms with Crippen molar-refractivity contribution in [2.75, 3.05) is 13.1 Å². The molecule has 1 aromatic heterocycles. The number of sulfonamides is 1. The summed E-state index contributed by atoms with van der Waals surface area (Å²) in [6.45, 7) is 8.62. The van der Waals surface area contributed by atoms with Gasteiger partial charge in [0, 0.05) is 13.1 Å². The minimum absolute atomic E-state index is 0.336. The number of nitrogens with zero attached hydrogens (tertiary/aromatic N) is 3. The SMILES string of the molecule is CCCN(CCC)S(=O)(=O)c1c(C)nn(-c2ccccc2)c1C. The molecule has 0 aliphatic carbocycles. The highest BCUT2D eigenvalue weighted by molar-refractivity contribution is 7.89. The molecule has 0 amide bonds. The van der Waals surface area contributed by atoms with Gasteiger partial charge in [-0.15, -0.1) is 0 Å². The van der Waals surface area contributed by atoms with Gasteiger partial charge < -0.3 is 0 Å². The van der Waals surface area contributed by atoms with Crippen molar-refractivity contribution in [2.45, 2.75) is 45.4 Å². The van der Waals surface area contributed by atoms with Crippen molar-refractivity contribution in [1.29, 1.82) is 0 Å². The lowest BCUT2D eigenvalue weighted by atomic mass is 10.3. The van der Waals surface area contributed by atoms with Crippen LogP contribution >= 0.6 is 0 Å². The lowest BCUT2D eigenvalue weighted by Gasteiger charge is -2.21. The van der Waals surface area contributed by atoms with Crippen molar-refractivity contribution in [3.05, 3.63) is 41.7 Å². The number of hydrogen-bond donors (Lipinski definition) is 0. The third kappa shape index (κ3) is 3.48. The number of para-hydroxylation sites is 1. The van der Waals surface area contributed by atoms with E-state index in [2.05, 4.69) is 5.10 Å². The summed E-state index contributed by atoms with van der Waals surface area (Å²) in [5.74, 6) is 0. The van der Waals surface area contributed by atoms with Gasteiger partial charge in [-0.2, -0.15) is 9.40 Å². The Hall–Kier alpha value is -1.66. The monoisotopic (exact) mass is 335 g/mol. The van der Waals surface area contributed by atoms with Crippen LogP contribution in [0, 0.1) is 13.8 Å². The van der Waals surface area contributed by atoms with Crippen molar-refractivity contribution in [3.8, 4) is 5.69 Å². The predicted octanol–water partition coefficient (Wildman–Crippen LogP) is 3.30. The van der Waals surface area contributed by atoms with Crippen LogP contribution in [0.3, 0.4) is 0 Å². The zero-order chi connectivity index (χ0) is 17.0. The van der Waals surface area contributed by atoms with Gasteiger partial charge in [0.2, 0.25) is 10.0 Å². The summed E-state index contributed by atoms with van der Waals surface area (Å²) in [6.07, 6.45) is 1.59. The van der Waals surface area contributed by atoms with Crippen LogP contribution < -0.4 is 0 Å². The fourth-order valence-corrected chi connectivity index (χ4v) is 4.78. The van der Waals surface area contributed by atoms with Gasteiger partial charge >= 0.3 is 0 Å². The fourth-order valence-electron chi connectivity index (χ4n) is 2.80. The minimum atomic E-state index is -3.52. The quantitative estimate of drug-likeness (QED) is 0.780. The topological polar surface area (TPSA) is 55.2 Å². The Morgan fingerprint density at radius 3 is 2.13 bits per heavy atom. The largest absolute Gasteiger partial charge is 0.246 e. The lowest BCUT2D eigenvalue weighted by molar-refractivity contribution is 0.409. The molecule has 0 atom stereocenters. The highest BCUT2D eigenvalue weighted by atomic mass is 32.2. The van der Waals surface area contributed by atoms with Crippen molar-refractivity contribution in [2.24, 2.45) is 0 Å². The second-order valence-electron chi connectivity index (χ2n) is 5.65. The summed E-state index contributed by atoms with van der Waals surface area (Å²) in [6, 6.07) is 9.61. The average molecular weight is 335 g/mol. The number of aromatic nitrogens is 2. The molecule has 0 saturated carbocycles. The summed E-state index contributed by atoms with van der Waals surface area (Å²) < 4.78 is 29.4. The van der Waals surface area contributed by atoms with E-state index in [9.17, 15) is 8.42 Å². The lowest BCUT2D eigenvalue weighted by Crippen LogP contribution is -2.33. The second-order valence-corrected chi connectivity index (χ2v) is 7.53. The molecule has 0 unspecified atom stereocenters. The van der Waals surface area contributed by atoms with Gasteiger partial charge in [0.05, 0.1) is 17.1 Å². The van der Waals surface area contributed by atoms with E-state index in [0.717, 1.165) is 18.5 Å². The molecule has 0 bridgehead atoms. The van der Waals surface area contributed by atoms with Crippen LogP contribution in [0.2, 0.25) is 0 Å². The van der Waals surface area contributed by atoms with Crippen LogP contribution in [0.4, 0.5) is 0 Å². The molecule has 6 heteroatoms. The van der Waals surface area contributed by atoms with E-state index in [4.69, 9.17) is 0 Å². The van der Waals surface area contributed by atoms with Gasteiger partial charge in [0.1, 0.15) is 4.90 Å². The van der Waals surface area contributed by atoms with Gasteiger partial charge in [-0.1, -0.05) is 32.0 Å². The van der Waals surface area contributed by atoms with E-state index < -0.39 is 10.0 Å². The molecule has 23 heavy (non-hydrogen) atoms. The summed E-state index contributed by atoms with van der Waals surface area (Å²) in [7, 11) is -3.52. The third-order valence-electron chi connectivity index (χ3n) is 3.77. The van der Waals surface area contributed by atoms with E-state index in [-0.39, 0.29) is 0 Å². The molecule has 0 N–H and O–H groups in total. The number of rotatable bonds is 7. The normalized spacial score (nSPS) is 12.0. The first-order valence-corrected chi connectivity index (χ1v) is 9.49. The molecular formula is C17H25N3O2S. The smallest absolute Gasteiger partial charge is 0.236 e. The Balaban J connectivity index is 2.53. The Kier molecular flexibility index (Phi) is 5.59. The Bertz CT molecular complexity index is 746. The van der Waals surface area contributed by atoms with E-state index in [1.54, 1.807) is 15.9 Å². The number of benzene rings is 1. The Morgan fingerprint density at radius 1 is 1.04 bits per heavy atom. The van der Waals surface area contributed by atoms with Crippen LogP contribution in [-0.2, 0) is 10.0 Å². The summed E-state index contributed by atoms with van der Waals surface area (Å²) >= 11 is 0. The zero-order valence-corrected chi connectivity index (χ0v) is 15.1. The van der Waals surface area contributed by atoms with Crippen molar-refractivity contribution in [1.82, 2.24) is 14.1 Å². The molecule has 0 saturated heterocycles.